The Bertz CT molecular complexity index is 618. The molecular formula is C14H17FN4OS2. The third-order valence-electron chi connectivity index (χ3n) is 2.69. The van der Waals surface area contributed by atoms with E-state index >= 15 is 0 Å². The molecule has 0 spiro atoms. The highest BCUT2D eigenvalue weighted by Crippen LogP contribution is 2.29. The van der Waals surface area contributed by atoms with Gasteiger partial charge in [-0.1, -0.05) is 30.0 Å². The highest BCUT2D eigenvalue weighted by Gasteiger charge is 2.17. The van der Waals surface area contributed by atoms with Crippen LogP contribution < -0.4 is 10.6 Å². The fourth-order valence-corrected chi connectivity index (χ4v) is 3.46. The summed E-state index contributed by atoms with van der Waals surface area (Å²) in [6.07, 6.45) is 1.01. The molecule has 0 bridgehead atoms. The maximum atomic E-state index is 12.8. The molecule has 118 valence electrons. The summed E-state index contributed by atoms with van der Waals surface area (Å²) >= 11 is 2.77. The molecule has 1 heterocycles. The second-order valence-corrected chi connectivity index (χ2v) is 7.12. The largest absolute Gasteiger partial charge is 0.360 e. The summed E-state index contributed by atoms with van der Waals surface area (Å²) in [6.45, 7) is 4.72. The second-order valence-electron chi connectivity index (χ2n) is 4.56. The Morgan fingerprint density at radius 2 is 2.09 bits per heavy atom. The quantitative estimate of drug-likeness (QED) is 0.754. The Labute approximate surface area is 136 Å². The predicted octanol–water partition coefficient (Wildman–Crippen LogP) is 3.62. The van der Waals surface area contributed by atoms with Gasteiger partial charge in [0.15, 0.2) is 4.34 Å². The minimum atomic E-state index is -0.332. The molecule has 0 saturated heterocycles. The molecule has 0 unspecified atom stereocenters. The van der Waals surface area contributed by atoms with E-state index in [0.29, 0.717) is 5.69 Å². The lowest BCUT2D eigenvalue weighted by molar-refractivity contribution is -0.115. The second kappa shape index (κ2) is 8.09. The first-order chi connectivity index (χ1) is 10.6. The van der Waals surface area contributed by atoms with Crippen molar-refractivity contribution in [3.05, 3.63) is 30.1 Å². The first-order valence-corrected chi connectivity index (χ1v) is 8.58. The Morgan fingerprint density at radius 1 is 1.36 bits per heavy atom. The summed E-state index contributed by atoms with van der Waals surface area (Å²) in [7, 11) is 0. The van der Waals surface area contributed by atoms with Gasteiger partial charge in [0.25, 0.3) is 0 Å². The number of hydrogen-bond acceptors (Lipinski definition) is 6. The van der Waals surface area contributed by atoms with Crippen LogP contribution in [0.1, 0.15) is 20.3 Å². The van der Waals surface area contributed by atoms with Crippen LogP contribution in [0.2, 0.25) is 0 Å². The maximum Gasteiger partial charge on any atom is 0.237 e. The molecule has 22 heavy (non-hydrogen) atoms. The molecule has 8 heteroatoms. The SMILES string of the molecule is CCCNc1nnc(S[C@@H](C)C(=O)Nc2ccc(F)cc2)s1. The average molecular weight is 340 g/mol. The number of thioether (sulfide) groups is 1. The number of halogens is 1. The van der Waals surface area contributed by atoms with Gasteiger partial charge >= 0.3 is 0 Å². The lowest BCUT2D eigenvalue weighted by atomic mass is 10.3. The van der Waals surface area contributed by atoms with E-state index in [1.807, 2.05) is 0 Å². The molecule has 2 N–H and O–H groups in total. The summed E-state index contributed by atoms with van der Waals surface area (Å²) in [6, 6.07) is 5.68. The molecule has 1 aromatic carbocycles. The number of amides is 1. The van der Waals surface area contributed by atoms with Crippen LogP contribution in [-0.4, -0.2) is 27.9 Å². The normalized spacial score (nSPS) is 12.0. The molecule has 1 amide bonds. The van der Waals surface area contributed by atoms with Crippen molar-refractivity contribution in [1.82, 2.24) is 10.2 Å². The third-order valence-corrected chi connectivity index (χ3v) is 4.76. The van der Waals surface area contributed by atoms with Crippen LogP contribution in [0.3, 0.4) is 0 Å². The molecule has 2 rings (SSSR count). The Kier molecular flexibility index (Phi) is 6.14. The zero-order valence-electron chi connectivity index (χ0n) is 12.3. The van der Waals surface area contributed by atoms with Gasteiger partial charge in [0.05, 0.1) is 5.25 Å². The molecular weight excluding hydrogens is 323 g/mol. The fourth-order valence-electron chi connectivity index (χ4n) is 1.54. The molecule has 5 nitrogen and oxygen atoms in total. The van der Waals surface area contributed by atoms with Crippen LogP contribution in [0.25, 0.3) is 0 Å². The third kappa shape index (κ3) is 4.96. The van der Waals surface area contributed by atoms with E-state index in [2.05, 4.69) is 27.8 Å². The average Bonchev–Trinajstić information content (AvgIpc) is 2.95. The summed E-state index contributed by atoms with van der Waals surface area (Å²) in [4.78, 5) is 12.1. The van der Waals surface area contributed by atoms with Gasteiger partial charge < -0.3 is 10.6 Å². The van der Waals surface area contributed by atoms with Gasteiger partial charge in [-0.25, -0.2) is 4.39 Å². The van der Waals surface area contributed by atoms with E-state index in [9.17, 15) is 9.18 Å². The standard InChI is InChI=1S/C14H17FN4OS2/c1-3-8-16-13-18-19-14(22-13)21-9(2)12(20)17-11-6-4-10(15)5-7-11/h4-7,9H,3,8H2,1-2H3,(H,16,18)(H,17,20)/t9-/m0/s1. The van der Waals surface area contributed by atoms with Crippen LogP contribution >= 0.6 is 23.1 Å². The molecule has 0 radical (unpaired) electrons. The van der Waals surface area contributed by atoms with Crippen molar-refractivity contribution in [2.45, 2.75) is 29.9 Å². The number of carbonyl (C=O) groups excluding carboxylic acids is 1. The van der Waals surface area contributed by atoms with Gasteiger partial charge in [-0.05, 0) is 37.6 Å². The van der Waals surface area contributed by atoms with Crippen molar-refractivity contribution in [3.63, 3.8) is 0 Å². The van der Waals surface area contributed by atoms with Crippen molar-refractivity contribution in [1.29, 1.82) is 0 Å². The van der Waals surface area contributed by atoms with E-state index in [0.717, 1.165) is 22.4 Å². The lowest BCUT2D eigenvalue weighted by Gasteiger charge is -2.10. The Morgan fingerprint density at radius 3 is 2.77 bits per heavy atom. The van der Waals surface area contributed by atoms with Gasteiger partial charge in [-0.15, -0.1) is 10.2 Å². The van der Waals surface area contributed by atoms with Crippen LogP contribution in [0, 0.1) is 5.82 Å². The van der Waals surface area contributed by atoms with E-state index in [-0.39, 0.29) is 17.0 Å². The lowest BCUT2D eigenvalue weighted by Crippen LogP contribution is -2.22. The zero-order chi connectivity index (χ0) is 15.9. The number of nitrogens with zero attached hydrogens (tertiary/aromatic N) is 2. The Balaban J connectivity index is 1.87. The van der Waals surface area contributed by atoms with Gasteiger partial charge in [-0.3, -0.25) is 4.79 Å². The minimum absolute atomic E-state index is 0.158. The molecule has 0 aliphatic carbocycles. The highest BCUT2D eigenvalue weighted by molar-refractivity contribution is 8.02. The number of anilines is 2. The molecule has 2 aromatic rings. The number of benzene rings is 1. The van der Waals surface area contributed by atoms with Gasteiger partial charge in [0.2, 0.25) is 11.0 Å². The van der Waals surface area contributed by atoms with Crippen LogP contribution in [-0.2, 0) is 4.79 Å². The molecule has 0 fully saturated rings. The van der Waals surface area contributed by atoms with Crippen molar-refractivity contribution >= 4 is 39.8 Å². The Hall–Kier alpha value is -1.67. The monoisotopic (exact) mass is 340 g/mol. The zero-order valence-corrected chi connectivity index (χ0v) is 13.9. The van der Waals surface area contributed by atoms with Crippen molar-refractivity contribution < 1.29 is 9.18 Å². The van der Waals surface area contributed by atoms with E-state index in [1.54, 1.807) is 6.92 Å². The first-order valence-electron chi connectivity index (χ1n) is 6.89. The molecule has 0 aliphatic heterocycles. The number of aromatic nitrogens is 2. The van der Waals surface area contributed by atoms with Crippen LogP contribution in [0.5, 0.6) is 0 Å². The van der Waals surface area contributed by atoms with Crippen molar-refractivity contribution in [3.8, 4) is 0 Å². The van der Waals surface area contributed by atoms with E-state index < -0.39 is 0 Å². The smallest absolute Gasteiger partial charge is 0.237 e. The van der Waals surface area contributed by atoms with E-state index in [4.69, 9.17) is 0 Å². The van der Waals surface area contributed by atoms with Gasteiger partial charge in [-0.2, -0.15) is 0 Å². The molecule has 0 aliphatic rings. The van der Waals surface area contributed by atoms with Gasteiger partial charge in [0, 0.05) is 12.2 Å². The number of carbonyl (C=O) groups is 1. The summed E-state index contributed by atoms with van der Waals surface area (Å²) in [5.74, 6) is -0.490. The number of rotatable bonds is 7. The first kappa shape index (κ1) is 16.7. The van der Waals surface area contributed by atoms with Crippen LogP contribution in [0.4, 0.5) is 15.2 Å². The van der Waals surface area contributed by atoms with Gasteiger partial charge in [0.1, 0.15) is 5.82 Å². The predicted molar refractivity (Wildman–Crippen MR) is 89.0 cm³/mol. The molecule has 0 saturated carbocycles. The minimum Gasteiger partial charge on any atom is -0.360 e. The van der Waals surface area contributed by atoms with Crippen molar-refractivity contribution in [2.75, 3.05) is 17.2 Å². The maximum absolute atomic E-state index is 12.8. The van der Waals surface area contributed by atoms with Crippen molar-refractivity contribution in [2.24, 2.45) is 0 Å². The summed E-state index contributed by atoms with van der Waals surface area (Å²) in [5, 5.41) is 14.4. The van der Waals surface area contributed by atoms with E-state index in [1.165, 1.54) is 47.4 Å². The molecule has 1 aromatic heterocycles. The number of hydrogen-bond donors (Lipinski definition) is 2. The highest BCUT2D eigenvalue weighted by atomic mass is 32.2. The topological polar surface area (TPSA) is 66.9 Å². The summed E-state index contributed by atoms with van der Waals surface area (Å²) < 4.78 is 13.6. The van der Waals surface area contributed by atoms with Crippen LogP contribution in [0.15, 0.2) is 28.6 Å². The summed E-state index contributed by atoms with van der Waals surface area (Å²) in [5.41, 5.74) is 0.571. The fraction of sp³-hybridized carbons (Fsp3) is 0.357. The molecule has 1 atom stereocenters. The number of nitrogens with one attached hydrogen (secondary N) is 2.